The van der Waals surface area contributed by atoms with Gasteiger partial charge >= 0.3 is 0 Å². The minimum Gasteiger partial charge on any atom is -0.384 e. The Morgan fingerprint density at radius 2 is 1.95 bits per heavy atom. The Morgan fingerprint density at radius 1 is 1.25 bits per heavy atom. The van der Waals surface area contributed by atoms with Gasteiger partial charge in [0.1, 0.15) is 0 Å². The predicted molar refractivity (Wildman–Crippen MR) is 91.8 cm³/mol. The fraction of sp³-hybridized carbons (Fsp3) is 0.471. The van der Waals surface area contributed by atoms with Gasteiger partial charge in [-0.15, -0.1) is 0 Å². The molecule has 0 saturated heterocycles. The third-order valence-corrected chi connectivity index (χ3v) is 4.85. The highest BCUT2D eigenvalue weighted by Crippen LogP contribution is 2.34. The van der Waals surface area contributed by atoms with E-state index in [1.807, 2.05) is 0 Å². The van der Waals surface area contributed by atoms with Crippen LogP contribution in [0.2, 0.25) is 0 Å². The minimum absolute atomic E-state index is 0.436. The van der Waals surface area contributed by atoms with Crippen molar-refractivity contribution in [3.05, 3.63) is 33.4 Å². The van der Waals surface area contributed by atoms with Crippen LogP contribution in [0.5, 0.6) is 0 Å². The molecule has 1 aromatic heterocycles. The van der Waals surface area contributed by atoms with Crippen LogP contribution in [-0.4, -0.2) is 11.5 Å². The molecule has 0 bridgehead atoms. The maximum absolute atomic E-state index is 4.85. The average Bonchev–Trinajstić information content (AvgIpc) is 2.41. The number of aryl methyl sites for hydroxylation is 2. The van der Waals surface area contributed by atoms with Gasteiger partial charge in [0, 0.05) is 27.8 Å². The van der Waals surface area contributed by atoms with Gasteiger partial charge in [0.25, 0.3) is 0 Å². The first-order chi connectivity index (χ1) is 9.45. The Bertz CT molecular complexity index is 633. The fourth-order valence-electron chi connectivity index (χ4n) is 2.45. The molecule has 1 aromatic carbocycles. The van der Waals surface area contributed by atoms with Gasteiger partial charge in [-0.3, -0.25) is 4.98 Å². The van der Waals surface area contributed by atoms with Gasteiger partial charge < -0.3 is 5.32 Å². The van der Waals surface area contributed by atoms with E-state index in [1.165, 1.54) is 26.7 Å². The van der Waals surface area contributed by atoms with Crippen LogP contribution in [-0.2, 0) is 0 Å². The zero-order chi connectivity index (χ0) is 14.9. The number of aromatic nitrogens is 1. The molecule has 0 aliphatic carbocycles. The maximum Gasteiger partial charge on any atom is 0.0732 e. The van der Waals surface area contributed by atoms with Crippen LogP contribution in [0.1, 0.15) is 49.9 Å². The molecule has 3 heteroatoms. The third-order valence-electron chi connectivity index (χ3n) is 3.63. The van der Waals surface area contributed by atoms with Gasteiger partial charge in [-0.1, -0.05) is 36.7 Å². The van der Waals surface area contributed by atoms with E-state index >= 15 is 0 Å². The number of hydrogen-bond donors (Lipinski definition) is 1. The lowest BCUT2D eigenvalue weighted by molar-refractivity contribution is 0.829. The third kappa shape index (κ3) is 2.83. The summed E-state index contributed by atoms with van der Waals surface area (Å²) in [5, 5.41) is 4.80. The first kappa shape index (κ1) is 15.3. The van der Waals surface area contributed by atoms with Gasteiger partial charge in [-0.25, -0.2) is 0 Å². The monoisotopic (exact) mass is 334 g/mol. The molecule has 0 atom stereocenters. The molecule has 0 spiro atoms. The molecular formula is C17H23BrN2. The molecule has 0 unspecified atom stereocenters. The molecule has 2 nitrogen and oxygen atoms in total. The molecule has 0 amide bonds. The Kier molecular flexibility index (Phi) is 4.69. The highest BCUT2D eigenvalue weighted by Gasteiger charge is 2.13. The van der Waals surface area contributed by atoms with Gasteiger partial charge in [0.05, 0.1) is 5.52 Å². The highest BCUT2D eigenvalue weighted by atomic mass is 79.9. The number of anilines is 1. The standard InChI is InChI=1S/C17H23BrN2/c1-6-7-19-14-9-13(10(2)3)20-15-8-11(4)17(18)12(5)16(14)15/h8-10H,6-7H2,1-5H3,(H,19,20). The summed E-state index contributed by atoms with van der Waals surface area (Å²) in [6.45, 7) is 11.8. The van der Waals surface area contributed by atoms with Crippen molar-refractivity contribution in [1.82, 2.24) is 4.98 Å². The lowest BCUT2D eigenvalue weighted by atomic mass is 10.0. The summed E-state index contributed by atoms with van der Waals surface area (Å²) in [7, 11) is 0. The van der Waals surface area contributed by atoms with Crippen LogP contribution in [0.15, 0.2) is 16.6 Å². The number of nitrogens with zero attached hydrogens (tertiary/aromatic N) is 1. The lowest BCUT2D eigenvalue weighted by Gasteiger charge is -2.16. The number of halogens is 1. The maximum atomic E-state index is 4.85. The number of pyridine rings is 1. The molecule has 20 heavy (non-hydrogen) atoms. The van der Waals surface area contributed by atoms with Crippen molar-refractivity contribution >= 4 is 32.5 Å². The second-order valence-corrected chi connectivity index (χ2v) is 6.50. The smallest absolute Gasteiger partial charge is 0.0732 e. The molecule has 1 N–H and O–H groups in total. The molecule has 2 aromatic rings. The van der Waals surface area contributed by atoms with Crippen molar-refractivity contribution in [3.63, 3.8) is 0 Å². The van der Waals surface area contributed by atoms with E-state index in [9.17, 15) is 0 Å². The van der Waals surface area contributed by atoms with Crippen molar-refractivity contribution in [2.75, 3.05) is 11.9 Å². The summed E-state index contributed by atoms with van der Waals surface area (Å²) in [6, 6.07) is 4.38. The second kappa shape index (κ2) is 6.13. The normalized spacial score (nSPS) is 11.3. The number of fused-ring (bicyclic) bond motifs is 1. The van der Waals surface area contributed by atoms with Crippen LogP contribution in [0.4, 0.5) is 5.69 Å². The van der Waals surface area contributed by atoms with E-state index in [4.69, 9.17) is 4.98 Å². The largest absolute Gasteiger partial charge is 0.384 e. The average molecular weight is 335 g/mol. The molecule has 108 valence electrons. The van der Waals surface area contributed by atoms with Crippen LogP contribution >= 0.6 is 15.9 Å². The fourth-order valence-corrected chi connectivity index (χ4v) is 2.77. The van der Waals surface area contributed by atoms with E-state index in [0.717, 1.165) is 24.2 Å². The molecule has 0 aliphatic heterocycles. The van der Waals surface area contributed by atoms with Crippen LogP contribution in [0.3, 0.4) is 0 Å². The zero-order valence-electron chi connectivity index (χ0n) is 13.0. The van der Waals surface area contributed by atoms with Gasteiger partial charge in [0.15, 0.2) is 0 Å². The first-order valence-corrected chi connectivity index (χ1v) is 8.09. The van der Waals surface area contributed by atoms with E-state index in [-0.39, 0.29) is 0 Å². The molecule has 0 aliphatic rings. The Hall–Kier alpha value is -1.09. The number of rotatable bonds is 4. The SMILES string of the molecule is CCCNc1cc(C(C)C)nc2cc(C)c(Br)c(C)c12. The molecule has 2 rings (SSSR count). The van der Waals surface area contributed by atoms with E-state index in [2.05, 4.69) is 68.0 Å². The summed E-state index contributed by atoms with van der Waals surface area (Å²) in [4.78, 5) is 4.85. The zero-order valence-corrected chi connectivity index (χ0v) is 14.6. The highest BCUT2D eigenvalue weighted by molar-refractivity contribution is 9.10. The predicted octanol–water partition coefficient (Wildman–Crippen LogP) is 5.56. The Balaban J connectivity index is 2.74. The van der Waals surface area contributed by atoms with E-state index in [1.54, 1.807) is 0 Å². The van der Waals surface area contributed by atoms with Crippen molar-refractivity contribution in [1.29, 1.82) is 0 Å². The van der Waals surface area contributed by atoms with E-state index in [0.29, 0.717) is 5.92 Å². The summed E-state index contributed by atoms with van der Waals surface area (Å²) >= 11 is 3.69. The topological polar surface area (TPSA) is 24.9 Å². The van der Waals surface area contributed by atoms with Crippen LogP contribution in [0.25, 0.3) is 10.9 Å². The van der Waals surface area contributed by atoms with Gasteiger partial charge in [-0.2, -0.15) is 0 Å². The first-order valence-electron chi connectivity index (χ1n) is 7.29. The molecule has 1 heterocycles. The summed E-state index contributed by atoms with van der Waals surface area (Å²) in [6.07, 6.45) is 1.12. The quantitative estimate of drug-likeness (QED) is 0.791. The molecule has 0 radical (unpaired) electrons. The molecule has 0 saturated carbocycles. The lowest BCUT2D eigenvalue weighted by Crippen LogP contribution is -2.05. The summed E-state index contributed by atoms with van der Waals surface area (Å²) < 4.78 is 1.18. The van der Waals surface area contributed by atoms with Crippen molar-refractivity contribution in [2.45, 2.75) is 47.0 Å². The number of hydrogen-bond acceptors (Lipinski definition) is 2. The second-order valence-electron chi connectivity index (χ2n) is 5.70. The van der Waals surface area contributed by atoms with Gasteiger partial charge in [0.2, 0.25) is 0 Å². The number of nitrogens with one attached hydrogen (secondary N) is 1. The Morgan fingerprint density at radius 3 is 2.55 bits per heavy atom. The van der Waals surface area contributed by atoms with Crippen molar-refractivity contribution < 1.29 is 0 Å². The molecule has 0 fully saturated rings. The molecular weight excluding hydrogens is 312 g/mol. The number of benzene rings is 1. The van der Waals surface area contributed by atoms with Crippen LogP contribution in [0, 0.1) is 13.8 Å². The van der Waals surface area contributed by atoms with E-state index < -0.39 is 0 Å². The van der Waals surface area contributed by atoms with Crippen LogP contribution < -0.4 is 5.32 Å². The van der Waals surface area contributed by atoms with Crippen molar-refractivity contribution in [3.8, 4) is 0 Å². The summed E-state index contributed by atoms with van der Waals surface area (Å²) in [5.41, 5.74) is 5.95. The minimum atomic E-state index is 0.436. The Labute approximate surface area is 130 Å². The summed E-state index contributed by atoms with van der Waals surface area (Å²) in [5.74, 6) is 0.436. The van der Waals surface area contributed by atoms with Gasteiger partial charge in [-0.05, 0) is 49.4 Å². The van der Waals surface area contributed by atoms with Crippen molar-refractivity contribution in [2.24, 2.45) is 0 Å².